The molecule has 3 aliphatic carbocycles. The van der Waals surface area contributed by atoms with Gasteiger partial charge in [0.25, 0.3) is 0 Å². The fourth-order valence-electron chi connectivity index (χ4n) is 5.59. The summed E-state index contributed by atoms with van der Waals surface area (Å²) < 4.78 is 5.58. The molecule has 1 fully saturated rings. The van der Waals surface area contributed by atoms with E-state index in [1.165, 1.54) is 6.92 Å². The second-order valence-corrected chi connectivity index (χ2v) is 9.34. The highest BCUT2D eigenvalue weighted by molar-refractivity contribution is 6.12. The zero-order valence-electron chi connectivity index (χ0n) is 16.7. The zero-order chi connectivity index (χ0) is 20.1. The molecule has 0 saturated heterocycles. The molecule has 5 heteroatoms. The first-order chi connectivity index (χ1) is 12.5. The number of rotatable bonds is 1. The maximum atomic E-state index is 13.3. The van der Waals surface area contributed by atoms with Crippen molar-refractivity contribution in [2.24, 2.45) is 22.7 Å². The van der Waals surface area contributed by atoms with Gasteiger partial charge in [-0.3, -0.25) is 14.4 Å². The molecule has 0 radical (unpaired) electrons. The van der Waals surface area contributed by atoms with Gasteiger partial charge in [-0.1, -0.05) is 39.8 Å². The largest absolute Gasteiger partial charge is 0.458 e. The summed E-state index contributed by atoms with van der Waals surface area (Å²) in [4.78, 5) is 37.8. The van der Waals surface area contributed by atoms with E-state index >= 15 is 0 Å². The van der Waals surface area contributed by atoms with Crippen molar-refractivity contribution in [1.82, 2.24) is 0 Å². The monoisotopic (exact) mass is 374 g/mol. The first-order valence-electron chi connectivity index (χ1n) is 9.82. The number of carbonyl (C=O) groups excluding carboxylic acids is 3. The first kappa shape index (κ1) is 20.0. The summed E-state index contributed by atoms with van der Waals surface area (Å²) in [5.41, 5.74) is -0.0614. The quantitative estimate of drug-likeness (QED) is 0.563. The van der Waals surface area contributed by atoms with E-state index in [1.807, 2.05) is 6.92 Å². The molecule has 0 aromatic carbocycles. The van der Waals surface area contributed by atoms with Gasteiger partial charge >= 0.3 is 5.97 Å². The average Bonchev–Trinajstić information content (AvgIpc) is 2.83. The molecule has 0 unspecified atom stereocenters. The molecule has 1 N–H and O–H groups in total. The Labute approximate surface area is 160 Å². The maximum absolute atomic E-state index is 13.3. The normalized spacial score (nSPS) is 38.9. The number of Topliss-reactive ketones (excluding diaryl/α,β-unsaturated/α-hetero) is 2. The van der Waals surface area contributed by atoms with Gasteiger partial charge in [0, 0.05) is 23.8 Å². The predicted molar refractivity (Wildman–Crippen MR) is 101 cm³/mol. The average molecular weight is 374 g/mol. The number of carbonyl (C=O) groups is 3. The summed E-state index contributed by atoms with van der Waals surface area (Å²) in [5, 5.41) is 10.7. The van der Waals surface area contributed by atoms with Crippen LogP contribution in [-0.4, -0.2) is 34.9 Å². The van der Waals surface area contributed by atoms with Gasteiger partial charge in [-0.25, -0.2) is 0 Å². The van der Waals surface area contributed by atoms with Gasteiger partial charge in [0.15, 0.2) is 11.6 Å². The van der Waals surface area contributed by atoms with Crippen molar-refractivity contribution in [2.75, 3.05) is 0 Å². The van der Waals surface area contributed by atoms with E-state index in [1.54, 1.807) is 6.08 Å². The van der Waals surface area contributed by atoms with Gasteiger partial charge in [-0.05, 0) is 42.6 Å². The number of aliphatic hydroxyl groups is 1. The first-order valence-corrected chi connectivity index (χ1v) is 9.82. The maximum Gasteiger partial charge on any atom is 0.303 e. The van der Waals surface area contributed by atoms with Crippen LogP contribution in [0.2, 0.25) is 0 Å². The third-order valence-electron chi connectivity index (χ3n) is 7.06. The van der Waals surface area contributed by atoms with Crippen LogP contribution in [0.5, 0.6) is 0 Å². The van der Waals surface area contributed by atoms with E-state index < -0.39 is 23.6 Å². The summed E-state index contributed by atoms with van der Waals surface area (Å²) in [5.74, 6) is -1.32. The van der Waals surface area contributed by atoms with Crippen LogP contribution in [0.4, 0.5) is 0 Å². The number of esters is 1. The van der Waals surface area contributed by atoms with Crippen molar-refractivity contribution in [3.63, 3.8) is 0 Å². The molecular weight excluding hydrogens is 344 g/mol. The molecule has 0 amide bonds. The van der Waals surface area contributed by atoms with Crippen LogP contribution in [0.15, 0.2) is 23.8 Å². The van der Waals surface area contributed by atoms with Crippen LogP contribution >= 0.6 is 0 Å². The van der Waals surface area contributed by atoms with Gasteiger partial charge in [0.1, 0.15) is 12.2 Å². The van der Waals surface area contributed by atoms with Crippen molar-refractivity contribution in [1.29, 1.82) is 0 Å². The molecule has 1 saturated carbocycles. The Morgan fingerprint density at radius 3 is 2.52 bits per heavy atom. The SMILES string of the molecule is C=C1C(=O)C2=C[C@@H]1C[C@H](O)C(=O)[C@]1(C)CCCC(C)(C)[C@H]1C[C@@H]2OC(C)=O. The third-order valence-corrected chi connectivity index (χ3v) is 7.06. The van der Waals surface area contributed by atoms with Crippen molar-refractivity contribution >= 4 is 17.5 Å². The molecule has 148 valence electrons. The van der Waals surface area contributed by atoms with Gasteiger partial charge in [0.05, 0.1) is 0 Å². The summed E-state index contributed by atoms with van der Waals surface area (Å²) >= 11 is 0. The van der Waals surface area contributed by atoms with Crippen molar-refractivity contribution in [3.8, 4) is 0 Å². The summed E-state index contributed by atoms with van der Waals surface area (Å²) in [6.45, 7) is 11.4. The van der Waals surface area contributed by atoms with Crippen LogP contribution in [0, 0.1) is 22.7 Å². The van der Waals surface area contributed by atoms with Gasteiger partial charge < -0.3 is 9.84 Å². The van der Waals surface area contributed by atoms with Gasteiger partial charge in [0.2, 0.25) is 0 Å². The molecule has 3 aliphatic rings. The van der Waals surface area contributed by atoms with Crippen LogP contribution in [-0.2, 0) is 19.1 Å². The molecule has 0 aromatic rings. The predicted octanol–water partition coefficient (Wildman–Crippen LogP) is 3.16. The van der Waals surface area contributed by atoms with Crippen LogP contribution in [0.3, 0.4) is 0 Å². The topological polar surface area (TPSA) is 80.7 Å². The molecular formula is C22H30O5. The number of hydrogen-bond donors (Lipinski definition) is 1. The zero-order valence-corrected chi connectivity index (χ0v) is 16.7. The highest BCUT2D eigenvalue weighted by Gasteiger charge is 2.54. The fraction of sp³-hybridized carbons (Fsp3) is 0.682. The van der Waals surface area contributed by atoms with E-state index in [9.17, 15) is 19.5 Å². The number of ether oxygens (including phenoxy) is 1. The number of ketones is 2. The fourth-order valence-corrected chi connectivity index (χ4v) is 5.59. The Hall–Kier alpha value is -1.75. The molecule has 2 bridgehead atoms. The lowest BCUT2D eigenvalue weighted by molar-refractivity contribution is -0.153. The second kappa shape index (κ2) is 6.69. The van der Waals surface area contributed by atoms with E-state index in [0.717, 1.165) is 12.8 Å². The van der Waals surface area contributed by atoms with Gasteiger partial charge in [-0.2, -0.15) is 0 Å². The van der Waals surface area contributed by atoms with E-state index in [-0.39, 0.29) is 35.2 Å². The highest BCUT2D eigenvalue weighted by Crippen LogP contribution is 2.55. The Morgan fingerprint density at radius 2 is 1.89 bits per heavy atom. The minimum Gasteiger partial charge on any atom is -0.458 e. The Morgan fingerprint density at radius 1 is 1.22 bits per heavy atom. The van der Waals surface area contributed by atoms with Crippen molar-refractivity contribution < 1.29 is 24.2 Å². The smallest absolute Gasteiger partial charge is 0.303 e. The lowest BCUT2D eigenvalue weighted by Crippen LogP contribution is -2.52. The molecule has 0 aromatic heterocycles. The molecule has 5 atom stereocenters. The molecule has 3 rings (SSSR count). The second-order valence-electron chi connectivity index (χ2n) is 9.34. The Bertz CT molecular complexity index is 731. The molecule has 27 heavy (non-hydrogen) atoms. The molecule has 0 aliphatic heterocycles. The van der Waals surface area contributed by atoms with Crippen LogP contribution in [0.1, 0.15) is 59.8 Å². The van der Waals surface area contributed by atoms with Gasteiger partial charge in [-0.15, -0.1) is 0 Å². The minimum absolute atomic E-state index is 0.107. The molecule has 0 spiro atoms. The Kier molecular flexibility index (Phi) is 4.96. The third kappa shape index (κ3) is 3.31. The summed E-state index contributed by atoms with van der Waals surface area (Å²) in [7, 11) is 0. The lowest BCUT2D eigenvalue weighted by Gasteiger charge is -2.51. The van der Waals surface area contributed by atoms with E-state index in [2.05, 4.69) is 20.4 Å². The lowest BCUT2D eigenvalue weighted by atomic mass is 9.52. The van der Waals surface area contributed by atoms with E-state index in [0.29, 0.717) is 24.0 Å². The minimum atomic E-state index is -1.12. The molecule has 0 heterocycles. The molecule has 5 nitrogen and oxygen atoms in total. The number of hydrogen-bond acceptors (Lipinski definition) is 5. The van der Waals surface area contributed by atoms with Crippen LogP contribution < -0.4 is 0 Å². The summed E-state index contributed by atoms with van der Waals surface area (Å²) in [6.07, 6.45) is 3.06. The summed E-state index contributed by atoms with van der Waals surface area (Å²) in [6, 6.07) is 0. The number of fused-ring (bicyclic) bond motifs is 2. The standard InChI is InChI=1S/C22H30O5/c1-12-14-9-15(19(12)25)17(27-13(2)23)11-18-21(3,4)7-6-8-22(18,5)20(26)16(24)10-14/h9,14,16-18,24H,1,6-8,10-11H2,2-5H3/t14-,16+,17+,18-,22-/m1/s1. The number of aliphatic hydroxyl groups excluding tert-OH is 1. The van der Waals surface area contributed by atoms with Crippen molar-refractivity contribution in [3.05, 3.63) is 23.8 Å². The Balaban J connectivity index is 2.12. The van der Waals surface area contributed by atoms with E-state index in [4.69, 9.17) is 4.74 Å². The van der Waals surface area contributed by atoms with Crippen molar-refractivity contribution in [2.45, 2.75) is 72.0 Å². The highest BCUT2D eigenvalue weighted by atomic mass is 16.5. The van der Waals surface area contributed by atoms with Crippen LogP contribution in [0.25, 0.3) is 0 Å². The number of allylic oxidation sites excluding steroid dienone is 2.